The number of terminal acetylenes is 1. The second-order valence-corrected chi connectivity index (χ2v) is 19.5. The van der Waals surface area contributed by atoms with Crippen molar-refractivity contribution in [1.82, 2.24) is 30.2 Å². The molecule has 86 heavy (non-hydrogen) atoms. The average molecular weight is 1230 g/mol. The van der Waals surface area contributed by atoms with Gasteiger partial charge < -0.3 is 131 Å². The smallest absolute Gasteiger partial charge is 0.410 e. The summed E-state index contributed by atoms with van der Waals surface area (Å²) in [6.45, 7) is 2.69. The van der Waals surface area contributed by atoms with Gasteiger partial charge in [-0.2, -0.15) is 0 Å². The van der Waals surface area contributed by atoms with E-state index in [0.29, 0.717) is 65.6 Å². The quantitative estimate of drug-likeness (QED) is 0.0119. The highest BCUT2D eigenvalue weighted by Crippen LogP contribution is 2.29. The number of nitrogens with zero attached hydrogens (tertiary/aromatic N) is 6. The number of urea groups is 1. The minimum Gasteiger partial charge on any atom is -0.477 e. The lowest BCUT2D eigenvalue weighted by atomic mass is 9.92. The molecule has 0 saturated carbocycles. The summed E-state index contributed by atoms with van der Waals surface area (Å²) in [6.07, 6.45) is -4.71. The van der Waals surface area contributed by atoms with E-state index in [-0.39, 0.29) is 71.3 Å². The SMILES string of the molecule is C#CCOCCOCCOCCOC1CCN(C(=O)N(CCOCCN(C)C(=O)O[C@@H]([C@@H]2OC(C(=O)O)=C[C@H](N=C(N)N)[C@H]2NC(C)=O)[C@H](O)CO)CCOCCN(C)C(=O)O[C@@H]([C@@H]2OC(C(=O)O)=C[C@H](N=C(N)N)[C@H]2NC(C)=O)[C@H](O)CO)CC1. The summed E-state index contributed by atoms with van der Waals surface area (Å²) < 4.78 is 56.1. The summed E-state index contributed by atoms with van der Waals surface area (Å²) >= 11 is 0. The average Bonchev–Trinajstić information content (AvgIpc) is 3.66. The number of aliphatic hydroxyl groups is 4. The molecule has 0 aromatic heterocycles. The maximum Gasteiger partial charge on any atom is 0.410 e. The number of piperidine rings is 1. The Hall–Kier alpha value is -7.53. The van der Waals surface area contributed by atoms with Crippen LogP contribution < -0.4 is 33.6 Å². The van der Waals surface area contributed by atoms with Crippen LogP contribution in [0.4, 0.5) is 14.4 Å². The highest BCUT2D eigenvalue weighted by atomic mass is 16.6. The molecule has 0 unspecified atom stereocenters. The van der Waals surface area contributed by atoms with Gasteiger partial charge >= 0.3 is 30.2 Å². The van der Waals surface area contributed by atoms with Crippen molar-refractivity contribution in [3.05, 3.63) is 23.7 Å². The molecule has 0 aromatic rings. The number of hydrogen-bond acceptors (Lipinski definition) is 23. The van der Waals surface area contributed by atoms with Gasteiger partial charge in [0, 0.05) is 67.2 Å². The molecule has 10 atom stereocenters. The second kappa shape index (κ2) is 38.5. The highest BCUT2D eigenvalue weighted by Gasteiger charge is 2.48. The number of amides is 6. The predicted octanol–water partition coefficient (Wildman–Crippen LogP) is -5.79. The molecule has 35 heteroatoms. The van der Waals surface area contributed by atoms with Crippen LogP contribution in [0.5, 0.6) is 0 Å². The van der Waals surface area contributed by atoms with Gasteiger partial charge in [0.2, 0.25) is 23.3 Å². The molecule has 0 spiro atoms. The minimum atomic E-state index is -1.87. The van der Waals surface area contributed by atoms with E-state index in [4.69, 9.17) is 76.7 Å². The van der Waals surface area contributed by atoms with Crippen molar-refractivity contribution >= 4 is 53.9 Å². The number of aliphatic carboxylic acids is 2. The first-order valence-corrected chi connectivity index (χ1v) is 27.3. The molecule has 1 fully saturated rings. The zero-order chi connectivity index (χ0) is 63.9. The van der Waals surface area contributed by atoms with Gasteiger partial charge in [0.15, 0.2) is 36.3 Å². The summed E-state index contributed by atoms with van der Waals surface area (Å²) in [5.41, 5.74) is 22.3. The molecule has 1 saturated heterocycles. The van der Waals surface area contributed by atoms with E-state index < -0.39 is 133 Å². The number of hydrogen-bond donors (Lipinski definition) is 12. The van der Waals surface area contributed by atoms with Crippen LogP contribution in [0.1, 0.15) is 26.7 Å². The first kappa shape index (κ1) is 72.7. The van der Waals surface area contributed by atoms with Crippen LogP contribution in [0, 0.1) is 12.3 Å². The molecular formula is C51H84N12O23. The number of aliphatic imine (C=N–C) groups is 2. The molecule has 486 valence electrons. The Balaban J connectivity index is 1.66. The first-order chi connectivity index (χ1) is 40.9. The Kier molecular flexibility index (Phi) is 32.6. The molecule has 0 aromatic carbocycles. The maximum atomic E-state index is 14.1. The zero-order valence-electron chi connectivity index (χ0n) is 48.5. The molecule has 3 heterocycles. The van der Waals surface area contributed by atoms with Crippen LogP contribution in [0.15, 0.2) is 33.7 Å². The summed E-state index contributed by atoms with van der Waals surface area (Å²) in [7, 11) is 2.64. The van der Waals surface area contributed by atoms with Gasteiger partial charge in [-0.05, 0) is 25.0 Å². The van der Waals surface area contributed by atoms with E-state index in [1.54, 1.807) is 4.90 Å². The maximum absolute atomic E-state index is 14.1. The number of rotatable bonds is 37. The number of aliphatic hydroxyl groups excluding tert-OH is 4. The van der Waals surface area contributed by atoms with Gasteiger partial charge in [-0.3, -0.25) is 9.59 Å². The molecule has 3 aliphatic heterocycles. The number of carboxylic acids is 2. The summed E-state index contributed by atoms with van der Waals surface area (Å²) in [5.74, 6) is -4.45. The van der Waals surface area contributed by atoms with Gasteiger partial charge in [0.05, 0.1) is 110 Å². The van der Waals surface area contributed by atoms with Crippen molar-refractivity contribution < 1.29 is 112 Å². The fraction of sp³-hybridized carbons (Fsp3) is 0.706. The molecule has 16 N–H and O–H groups in total. The molecule has 0 aliphatic carbocycles. The monoisotopic (exact) mass is 1230 g/mol. The van der Waals surface area contributed by atoms with Gasteiger partial charge in [-0.1, -0.05) is 5.92 Å². The Labute approximate surface area is 496 Å². The van der Waals surface area contributed by atoms with Gasteiger partial charge in [-0.25, -0.2) is 34.0 Å². The van der Waals surface area contributed by atoms with E-state index in [1.807, 2.05) is 0 Å². The lowest BCUT2D eigenvalue weighted by Crippen LogP contribution is -2.61. The normalized spacial score (nSPS) is 20.7. The third kappa shape index (κ3) is 25.2. The second-order valence-electron chi connectivity index (χ2n) is 19.5. The number of carbonyl (C=O) groups is 7. The number of nitrogens with two attached hydrogens (primary N) is 4. The van der Waals surface area contributed by atoms with E-state index in [9.17, 15) is 64.2 Å². The van der Waals surface area contributed by atoms with Crippen LogP contribution >= 0.6 is 0 Å². The first-order valence-electron chi connectivity index (χ1n) is 27.3. The number of likely N-dealkylation sites (tertiary alicyclic amines) is 1. The van der Waals surface area contributed by atoms with Crippen LogP contribution in [0.2, 0.25) is 0 Å². The number of carboxylic acid groups (broad SMARTS) is 2. The van der Waals surface area contributed by atoms with Gasteiger partial charge in [-0.15, -0.1) is 6.42 Å². The van der Waals surface area contributed by atoms with E-state index in [1.165, 1.54) is 19.0 Å². The predicted molar refractivity (Wildman–Crippen MR) is 298 cm³/mol. The number of guanidine groups is 2. The third-order valence-electron chi connectivity index (χ3n) is 12.9. The van der Waals surface area contributed by atoms with Gasteiger partial charge in [0.1, 0.15) is 18.8 Å². The Bertz CT molecular complexity index is 2220. The van der Waals surface area contributed by atoms with E-state index in [0.717, 1.165) is 35.8 Å². The van der Waals surface area contributed by atoms with E-state index >= 15 is 0 Å². The number of likely N-dealkylation sites (N-methyl/N-ethyl adjacent to an activating group) is 2. The largest absolute Gasteiger partial charge is 0.477 e. The third-order valence-corrected chi connectivity index (χ3v) is 12.9. The molecule has 3 rings (SSSR count). The standard InChI is InChI=1S/C51H84N12O23/c1-6-15-77-20-21-80-22-23-81-24-25-82-32-7-9-62(10-8-32)49(74)63(13-18-78-16-11-60(4)50(75)85-41(35(68)28-64)43-39(56-30(2)66)33(58-47(52)53)26-37(83-43)45(70)71)14-19-79-17-12-61(5)51(76)86-42(36(69)29-65)44-40(57-31(3)67)34(59-48(54)55)27-38(84-44)46(72)73/h1,26-27,32-36,39-44,64-65,68-69H,7-25,28-29H2,2-5H3,(H,56,66)(H,57,67)(H,70,71)(H,72,73)(H4,52,53,58)(H4,54,55,59)/t33-,34-,35+,36+,39+,40+,41+,42+,43+,44+/m0/s1. The fourth-order valence-electron chi connectivity index (χ4n) is 8.64. The summed E-state index contributed by atoms with van der Waals surface area (Å²) in [4.78, 5) is 103. The van der Waals surface area contributed by atoms with Crippen LogP contribution in [0.25, 0.3) is 0 Å². The molecule has 35 nitrogen and oxygen atoms in total. The van der Waals surface area contributed by atoms with Crippen molar-refractivity contribution in [3.8, 4) is 12.3 Å². The molecule has 6 amide bonds. The van der Waals surface area contributed by atoms with Crippen molar-refractivity contribution in [1.29, 1.82) is 0 Å². The summed E-state index contributed by atoms with van der Waals surface area (Å²) in [6, 6.07) is -5.52. The number of ether oxygens (including phenoxy) is 10. The Morgan fingerprint density at radius 2 is 1.03 bits per heavy atom. The Morgan fingerprint density at radius 3 is 1.41 bits per heavy atom. The van der Waals surface area contributed by atoms with Crippen LogP contribution in [-0.2, 0) is 66.5 Å². The van der Waals surface area contributed by atoms with Crippen LogP contribution in [-0.4, -0.2) is 310 Å². The van der Waals surface area contributed by atoms with E-state index in [2.05, 4.69) is 26.5 Å². The lowest BCUT2D eigenvalue weighted by molar-refractivity contribution is -0.147. The molecule has 3 aliphatic rings. The van der Waals surface area contributed by atoms with Crippen LogP contribution in [0.3, 0.4) is 0 Å². The number of nitrogens with one attached hydrogen (secondary N) is 2. The molecular weight excluding hydrogens is 1150 g/mol. The Morgan fingerprint density at radius 1 is 0.651 bits per heavy atom. The topological polar surface area (TPSA) is 499 Å². The minimum absolute atomic E-state index is 0.0167. The highest BCUT2D eigenvalue weighted by molar-refractivity contribution is 5.86. The van der Waals surface area contributed by atoms with Crippen molar-refractivity contribution in [2.45, 2.75) is 93.6 Å². The number of carbonyl (C=O) groups excluding carboxylic acids is 5. The zero-order valence-corrected chi connectivity index (χ0v) is 48.5. The van der Waals surface area contributed by atoms with Gasteiger partial charge in [0.25, 0.3) is 0 Å². The van der Waals surface area contributed by atoms with Crippen molar-refractivity contribution in [3.63, 3.8) is 0 Å². The van der Waals surface area contributed by atoms with Crippen molar-refractivity contribution in [2.24, 2.45) is 32.9 Å². The molecule has 0 radical (unpaired) electrons. The van der Waals surface area contributed by atoms with Crippen molar-refractivity contribution in [2.75, 3.05) is 139 Å². The lowest BCUT2D eigenvalue weighted by Gasteiger charge is -2.40. The molecule has 0 bridgehead atoms. The fourth-order valence-corrected chi connectivity index (χ4v) is 8.64. The summed E-state index contributed by atoms with van der Waals surface area (Å²) in [5, 5.41) is 66.2.